The Hall–Kier alpha value is -2.89. The number of aliphatic imine (C=N–C) groups is 1. The van der Waals surface area contributed by atoms with Crippen LogP contribution in [0, 0.1) is 11.8 Å². The minimum absolute atomic E-state index is 0.0848. The second kappa shape index (κ2) is 15.0. The summed E-state index contributed by atoms with van der Waals surface area (Å²) in [6.07, 6.45) is 1.71. The fraction of sp³-hybridized carbons (Fsp3) is 0.762. The number of hydrogen-bond acceptors (Lipinski definition) is 6. The second-order valence-corrected chi connectivity index (χ2v) is 8.38. The van der Waals surface area contributed by atoms with Crippen LogP contribution in [0.25, 0.3) is 0 Å². The number of carboxylic acid groups (broad SMARTS) is 1. The van der Waals surface area contributed by atoms with Gasteiger partial charge in [-0.25, -0.2) is 4.79 Å². The molecule has 0 saturated heterocycles. The Morgan fingerprint density at radius 3 is 1.82 bits per heavy atom. The van der Waals surface area contributed by atoms with Crippen LogP contribution in [0.4, 0.5) is 0 Å². The molecule has 12 nitrogen and oxygen atoms in total. The molecule has 6 atom stereocenters. The number of hydrogen-bond donors (Lipinski definition) is 7. The summed E-state index contributed by atoms with van der Waals surface area (Å²) >= 11 is 0. The fourth-order valence-corrected chi connectivity index (χ4v) is 2.96. The van der Waals surface area contributed by atoms with Gasteiger partial charge in [0.25, 0.3) is 0 Å². The molecular formula is C21H41N7O5. The first-order valence-electron chi connectivity index (χ1n) is 11.3. The Balaban J connectivity index is 5.57. The summed E-state index contributed by atoms with van der Waals surface area (Å²) in [5, 5.41) is 17.3. The first-order chi connectivity index (χ1) is 15.3. The van der Waals surface area contributed by atoms with Crippen LogP contribution in [0.2, 0.25) is 0 Å². The van der Waals surface area contributed by atoms with Gasteiger partial charge in [-0.3, -0.25) is 19.4 Å². The number of nitrogens with zero attached hydrogens (tertiary/aromatic N) is 1. The lowest BCUT2D eigenvalue weighted by Gasteiger charge is -2.29. The minimum atomic E-state index is -1.14. The van der Waals surface area contributed by atoms with Crippen LogP contribution in [0.15, 0.2) is 4.99 Å². The van der Waals surface area contributed by atoms with E-state index in [1.807, 2.05) is 13.8 Å². The summed E-state index contributed by atoms with van der Waals surface area (Å²) in [5.41, 5.74) is 16.2. The quantitative estimate of drug-likeness (QED) is 0.0892. The zero-order valence-electron chi connectivity index (χ0n) is 20.3. The monoisotopic (exact) mass is 471 g/mol. The molecule has 0 radical (unpaired) electrons. The minimum Gasteiger partial charge on any atom is -0.480 e. The number of nitrogens with one attached hydrogen (secondary N) is 3. The summed E-state index contributed by atoms with van der Waals surface area (Å²) in [6.45, 7) is 8.92. The Labute approximate surface area is 195 Å². The van der Waals surface area contributed by atoms with Crippen LogP contribution in [0.1, 0.15) is 60.3 Å². The molecule has 0 aliphatic heterocycles. The zero-order valence-corrected chi connectivity index (χ0v) is 20.3. The first kappa shape index (κ1) is 30.1. The number of rotatable bonds is 15. The van der Waals surface area contributed by atoms with E-state index in [2.05, 4.69) is 20.9 Å². The number of guanidine groups is 1. The number of nitrogens with two attached hydrogens (primary N) is 3. The van der Waals surface area contributed by atoms with E-state index < -0.39 is 47.9 Å². The van der Waals surface area contributed by atoms with Gasteiger partial charge in [0.15, 0.2) is 5.96 Å². The highest BCUT2D eigenvalue weighted by Crippen LogP contribution is 2.13. The standard InChI is InChI=1S/C21H41N7O5/c1-6-11(3)15(19(31)28-16(20(32)33)12(4)7-2)27-18(30)14(26-17(29)13(5)22)9-8-10-25-21(23)24/h11-16H,6-10,22H2,1-5H3,(H,26,29)(H,27,30)(H,28,31)(H,32,33)(H4,23,24,25). The van der Waals surface area contributed by atoms with Crippen molar-refractivity contribution >= 4 is 29.7 Å². The Morgan fingerprint density at radius 1 is 0.848 bits per heavy atom. The molecule has 0 aliphatic rings. The third kappa shape index (κ3) is 11.0. The maximum atomic E-state index is 13.0. The van der Waals surface area contributed by atoms with Gasteiger partial charge in [-0.2, -0.15) is 0 Å². The molecule has 190 valence electrons. The second-order valence-electron chi connectivity index (χ2n) is 8.38. The van der Waals surface area contributed by atoms with Gasteiger partial charge in [-0.05, 0) is 31.6 Å². The highest BCUT2D eigenvalue weighted by molar-refractivity contribution is 5.94. The number of aliphatic carboxylic acids is 1. The third-order valence-electron chi connectivity index (χ3n) is 5.56. The molecule has 12 heteroatoms. The van der Waals surface area contributed by atoms with Crippen molar-refractivity contribution in [2.75, 3.05) is 6.54 Å². The fourth-order valence-electron chi connectivity index (χ4n) is 2.96. The van der Waals surface area contributed by atoms with Gasteiger partial charge in [0.05, 0.1) is 6.04 Å². The zero-order chi connectivity index (χ0) is 25.7. The van der Waals surface area contributed by atoms with Crippen molar-refractivity contribution in [2.24, 2.45) is 34.0 Å². The number of carbonyl (C=O) groups excluding carboxylic acids is 3. The molecule has 3 amide bonds. The maximum absolute atomic E-state index is 13.0. The molecule has 0 bridgehead atoms. The average Bonchev–Trinajstić information content (AvgIpc) is 2.75. The van der Waals surface area contributed by atoms with Crippen molar-refractivity contribution < 1.29 is 24.3 Å². The molecule has 6 unspecified atom stereocenters. The smallest absolute Gasteiger partial charge is 0.326 e. The summed E-state index contributed by atoms with van der Waals surface area (Å²) in [7, 11) is 0. The molecule has 0 spiro atoms. The third-order valence-corrected chi connectivity index (χ3v) is 5.56. The molecule has 0 aromatic heterocycles. The molecule has 33 heavy (non-hydrogen) atoms. The molecule has 0 heterocycles. The predicted octanol–water partition coefficient (Wildman–Crippen LogP) is -0.982. The highest BCUT2D eigenvalue weighted by atomic mass is 16.4. The summed E-state index contributed by atoms with van der Waals surface area (Å²) in [4.78, 5) is 53.6. The van der Waals surface area contributed by atoms with Gasteiger partial charge in [-0.15, -0.1) is 0 Å². The summed E-state index contributed by atoms with van der Waals surface area (Å²) < 4.78 is 0. The van der Waals surface area contributed by atoms with Crippen molar-refractivity contribution in [3.63, 3.8) is 0 Å². The Kier molecular flexibility index (Phi) is 13.7. The van der Waals surface area contributed by atoms with E-state index >= 15 is 0 Å². The number of amides is 3. The summed E-state index contributed by atoms with van der Waals surface area (Å²) in [6, 6.07) is -3.87. The molecular weight excluding hydrogens is 430 g/mol. The van der Waals surface area contributed by atoms with Crippen LogP contribution in [0.3, 0.4) is 0 Å². The molecule has 0 aliphatic carbocycles. The van der Waals surface area contributed by atoms with Crippen molar-refractivity contribution in [1.29, 1.82) is 0 Å². The molecule has 0 fully saturated rings. The number of carbonyl (C=O) groups is 4. The Morgan fingerprint density at radius 2 is 1.36 bits per heavy atom. The average molecular weight is 472 g/mol. The van der Waals surface area contributed by atoms with E-state index in [4.69, 9.17) is 17.2 Å². The topological polar surface area (TPSA) is 215 Å². The van der Waals surface area contributed by atoms with E-state index in [1.54, 1.807) is 13.8 Å². The lowest BCUT2D eigenvalue weighted by molar-refractivity contribution is -0.144. The van der Waals surface area contributed by atoms with Gasteiger partial charge in [-0.1, -0.05) is 40.5 Å². The molecule has 0 aromatic carbocycles. The van der Waals surface area contributed by atoms with E-state index in [0.29, 0.717) is 19.3 Å². The van der Waals surface area contributed by atoms with Gasteiger partial charge in [0.1, 0.15) is 18.1 Å². The molecule has 0 aromatic rings. The first-order valence-corrected chi connectivity index (χ1v) is 11.3. The van der Waals surface area contributed by atoms with Crippen molar-refractivity contribution in [3.8, 4) is 0 Å². The number of carboxylic acids is 1. The Bertz CT molecular complexity index is 694. The van der Waals surface area contributed by atoms with E-state index in [-0.39, 0.29) is 30.8 Å². The van der Waals surface area contributed by atoms with Crippen molar-refractivity contribution in [2.45, 2.75) is 84.5 Å². The SMILES string of the molecule is CCC(C)C(NC(=O)C(NC(=O)C(CCCN=C(N)N)NC(=O)C(C)N)C(C)CC)C(=O)O. The van der Waals surface area contributed by atoms with Crippen molar-refractivity contribution in [1.82, 2.24) is 16.0 Å². The molecule has 0 rings (SSSR count). The van der Waals surface area contributed by atoms with Gasteiger partial charge < -0.3 is 38.3 Å². The normalized spacial score (nSPS) is 16.3. The van der Waals surface area contributed by atoms with Crippen molar-refractivity contribution in [3.05, 3.63) is 0 Å². The molecule has 10 N–H and O–H groups in total. The van der Waals surface area contributed by atoms with Crippen LogP contribution >= 0.6 is 0 Å². The van der Waals surface area contributed by atoms with E-state index in [0.717, 1.165) is 0 Å². The van der Waals surface area contributed by atoms with Crippen LogP contribution in [-0.4, -0.2) is 65.5 Å². The van der Waals surface area contributed by atoms with Gasteiger partial charge >= 0.3 is 5.97 Å². The summed E-state index contributed by atoms with van der Waals surface area (Å²) in [5.74, 6) is -3.51. The lowest BCUT2D eigenvalue weighted by Crippen LogP contribution is -2.59. The van der Waals surface area contributed by atoms with Gasteiger partial charge in [0, 0.05) is 6.54 Å². The van der Waals surface area contributed by atoms with E-state index in [1.165, 1.54) is 6.92 Å². The molecule has 0 saturated carbocycles. The van der Waals surface area contributed by atoms with Crippen LogP contribution in [-0.2, 0) is 19.2 Å². The van der Waals surface area contributed by atoms with Crippen LogP contribution < -0.4 is 33.2 Å². The maximum Gasteiger partial charge on any atom is 0.326 e. The van der Waals surface area contributed by atoms with Crippen LogP contribution in [0.5, 0.6) is 0 Å². The highest BCUT2D eigenvalue weighted by Gasteiger charge is 2.33. The van der Waals surface area contributed by atoms with E-state index in [9.17, 15) is 24.3 Å². The predicted molar refractivity (Wildman–Crippen MR) is 126 cm³/mol. The lowest BCUT2D eigenvalue weighted by atomic mass is 9.95. The van der Waals surface area contributed by atoms with Gasteiger partial charge in [0.2, 0.25) is 17.7 Å². The largest absolute Gasteiger partial charge is 0.480 e.